The Kier molecular flexibility index (Phi) is 16.3. The molecule has 2 aliphatic heterocycles. The van der Waals surface area contributed by atoms with Crippen LogP contribution in [-0.2, 0) is 35.1 Å². The monoisotopic (exact) mass is 690 g/mol. The number of hydrogen-bond acceptors (Lipinski definition) is 13. The number of carbonyl (C=O) groups excluding carboxylic acids is 6. The topological polar surface area (TPSA) is 227 Å². The van der Waals surface area contributed by atoms with Crippen molar-refractivity contribution in [3.05, 3.63) is 53.0 Å². The molecule has 0 bridgehead atoms. The van der Waals surface area contributed by atoms with E-state index in [2.05, 4.69) is 25.8 Å². The molecule has 46 heavy (non-hydrogen) atoms. The van der Waals surface area contributed by atoms with Crippen molar-refractivity contribution >= 4 is 59.2 Å². The summed E-state index contributed by atoms with van der Waals surface area (Å²) < 4.78 is 4.87. The molecule has 4 rings (SSSR count). The number of nitrogens with one attached hydrogen (secondary N) is 3. The molecular weight excluding hydrogens is 662 g/mol. The maximum absolute atomic E-state index is 12.9. The van der Waals surface area contributed by atoms with Gasteiger partial charge in [0, 0.05) is 23.5 Å². The van der Waals surface area contributed by atoms with E-state index in [0.29, 0.717) is 11.4 Å². The number of fused-ring (bicyclic) bond motifs is 1. The number of carboxylic acids is 2. The van der Waals surface area contributed by atoms with Crippen molar-refractivity contribution < 1.29 is 103 Å². The molecule has 1 aromatic carbocycles. The zero-order valence-electron chi connectivity index (χ0n) is 25.4. The molecule has 234 valence electrons. The third-order valence-electron chi connectivity index (χ3n) is 6.58. The van der Waals surface area contributed by atoms with Crippen molar-refractivity contribution in [2.24, 2.45) is 0 Å². The van der Waals surface area contributed by atoms with Crippen LogP contribution in [0.5, 0.6) is 0 Å². The number of carboxylic acid groups (broad SMARTS) is 2. The van der Waals surface area contributed by atoms with Crippen LogP contribution in [0.4, 0.5) is 0 Å². The fourth-order valence-corrected chi connectivity index (χ4v) is 6.80. The predicted octanol–water partition coefficient (Wildman–Crippen LogP) is -7.87. The third kappa shape index (κ3) is 10.3. The van der Waals surface area contributed by atoms with Crippen molar-refractivity contribution in [2.45, 2.75) is 55.2 Å². The fraction of sp³-hybridized carbons (Fsp3) is 0.407. The van der Waals surface area contributed by atoms with Crippen LogP contribution >= 0.6 is 23.5 Å². The second-order valence-electron chi connectivity index (χ2n) is 9.63. The Bertz CT molecular complexity index is 1480. The quantitative estimate of drug-likeness (QED) is 0.0684. The van der Waals surface area contributed by atoms with Crippen LogP contribution in [-0.4, -0.2) is 91.3 Å². The summed E-state index contributed by atoms with van der Waals surface area (Å²) in [6.45, 7) is 1.91. The van der Waals surface area contributed by atoms with Gasteiger partial charge in [-0.3, -0.25) is 29.2 Å². The predicted molar refractivity (Wildman–Crippen MR) is 151 cm³/mol. The average molecular weight is 691 g/mol. The molecule has 2 aromatic rings. The van der Waals surface area contributed by atoms with Crippen LogP contribution in [0.3, 0.4) is 0 Å². The Balaban J connectivity index is 0.00000368. The zero-order chi connectivity index (χ0) is 31.8. The number of aromatic nitrogens is 3. The third-order valence-corrected chi connectivity index (χ3v) is 8.86. The van der Waals surface area contributed by atoms with E-state index in [4.69, 9.17) is 4.74 Å². The summed E-state index contributed by atoms with van der Waals surface area (Å²) in [5, 5.41) is 34.7. The molecule has 3 N–H and O–H groups in total. The van der Waals surface area contributed by atoms with Gasteiger partial charge in [-0.05, 0) is 37.5 Å². The molecule has 1 aromatic heterocycles. The summed E-state index contributed by atoms with van der Waals surface area (Å²) in [6.07, 6.45) is -0.225. The first-order valence-corrected chi connectivity index (χ1v) is 15.6. The summed E-state index contributed by atoms with van der Waals surface area (Å²) in [6, 6.07) is 5.75. The van der Waals surface area contributed by atoms with Gasteiger partial charge in [0.05, 0.1) is 30.3 Å². The van der Waals surface area contributed by atoms with Crippen molar-refractivity contribution in [1.29, 1.82) is 0 Å². The van der Waals surface area contributed by atoms with E-state index < -0.39 is 53.1 Å². The SMILES string of the molecule is CCOC(=O)Cc1nc(SCC2=C(C(=O)[O-])N3C(=O)C(NC(=O)CCC[C@@H](NC(=O)c4ccccc4)C(=O)[O-])[C@H]3SC2)n[nH]1.[Na+].[Na+]. The number of amides is 3. The van der Waals surface area contributed by atoms with Gasteiger partial charge >= 0.3 is 65.1 Å². The van der Waals surface area contributed by atoms with Gasteiger partial charge in [0.2, 0.25) is 11.1 Å². The van der Waals surface area contributed by atoms with Gasteiger partial charge in [0.15, 0.2) is 0 Å². The first-order valence-electron chi connectivity index (χ1n) is 13.5. The molecule has 1 fully saturated rings. The van der Waals surface area contributed by atoms with E-state index in [-0.39, 0.29) is 119 Å². The minimum absolute atomic E-state index is 0. The Morgan fingerprint density at radius 1 is 1.17 bits per heavy atom. The van der Waals surface area contributed by atoms with E-state index in [0.717, 1.165) is 16.7 Å². The van der Waals surface area contributed by atoms with Crippen molar-refractivity contribution in [3.8, 4) is 0 Å². The van der Waals surface area contributed by atoms with E-state index in [1.54, 1.807) is 25.1 Å². The molecule has 0 spiro atoms. The van der Waals surface area contributed by atoms with Crippen molar-refractivity contribution in [3.63, 3.8) is 0 Å². The Morgan fingerprint density at radius 2 is 1.89 bits per heavy atom. The van der Waals surface area contributed by atoms with Gasteiger partial charge in [0.1, 0.15) is 23.7 Å². The number of aliphatic carboxylic acids is 2. The smallest absolute Gasteiger partial charge is 0.548 e. The summed E-state index contributed by atoms with van der Waals surface area (Å²) in [7, 11) is 0. The van der Waals surface area contributed by atoms with Crippen LogP contribution in [0.15, 0.2) is 46.8 Å². The Morgan fingerprint density at radius 3 is 2.54 bits per heavy atom. The minimum Gasteiger partial charge on any atom is -0.548 e. The number of carbonyl (C=O) groups is 6. The summed E-state index contributed by atoms with van der Waals surface area (Å²) >= 11 is 2.39. The molecule has 3 amide bonds. The van der Waals surface area contributed by atoms with Crippen LogP contribution in [0.25, 0.3) is 0 Å². The van der Waals surface area contributed by atoms with Gasteiger partial charge < -0.3 is 35.2 Å². The van der Waals surface area contributed by atoms with Gasteiger partial charge in [-0.25, -0.2) is 4.98 Å². The molecule has 15 nitrogen and oxygen atoms in total. The number of rotatable bonds is 15. The normalized spacial score (nSPS) is 17.3. The number of aromatic amines is 1. The molecule has 2 aliphatic rings. The van der Waals surface area contributed by atoms with Gasteiger partial charge in [-0.2, -0.15) is 0 Å². The van der Waals surface area contributed by atoms with Crippen LogP contribution in [0.2, 0.25) is 0 Å². The number of esters is 1. The molecular formula is C27H28N6Na2O9S2. The number of benzene rings is 1. The summed E-state index contributed by atoms with van der Waals surface area (Å²) in [4.78, 5) is 78.2. The first-order chi connectivity index (χ1) is 21.1. The molecule has 1 unspecified atom stereocenters. The van der Waals surface area contributed by atoms with Gasteiger partial charge in [-0.15, -0.1) is 16.9 Å². The molecule has 19 heteroatoms. The molecule has 0 radical (unpaired) electrons. The van der Waals surface area contributed by atoms with Crippen molar-refractivity contribution in [2.75, 3.05) is 18.1 Å². The van der Waals surface area contributed by atoms with Crippen molar-refractivity contribution in [1.82, 2.24) is 30.7 Å². The Labute approximate surface area is 316 Å². The number of nitrogens with zero attached hydrogens (tertiary/aromatic N) is 3. The second kappa shape index (κ2) is 18.8. The standard InChI is InChI=1S/C27H30N6O9S2.2Na/c1-2-42-19(35)11-17-29-27(32-31-17)44-13-15-12-43-24-20(23(37)33(24)21(15)26(40)41)30-18(34)10-6-9-16(25(38)39)28-22(36)14-7-4-3-5-8-14;;/h3-5,7-8,16,20,24H,2,6,9-13H2,1H3,(H,28,36)(H,30,34)(H,38,39)(H,40,41)(H,29,31,32);;/q;2*+1/p-2/t16-,20?,24-;;/m1../s1. The summed E-state index contributed by atoms with van der Waals surface area (Å²) in [5.74, 6) is -4.56. The molecule has 1 saturated heterocycles. The zero-order valence-corrected chi connectivity index (χ0v) is 31.0. The molecule has 3 atom stereocenters. The van der Waals surface area contributed by atoms with Gasteiger partial charge in [-0.1, -0.05) is 30.0 Å². The minimum atomic E-state index is -1.53. The number of ether oxygens (including phenoxy) is 1. The maximum Gasteiger partial charge on any atom is 1.00 e. The number of hydrogen-bond donors (Lipinski definition) is 3. The van der Waals surface area contributed by atoms with Crippen LogP contribution in [0, 0.1) is 0 Å². The maximum atomic E-state index is 12.9. The molecule has 3 heterocycles. The first kappa shape index (κ1) is 39.8. The molecule has 0 saturated carbocycles. The fourth-order valence-electron chi connectivity index (χ4n) is 4.50. The molecule has 0 aliphatic carbocycles. The number of H-pyrrole nitrogens is 1. The largest absolute Gasteiger partial charge is 1.00 e. The van der Waals surface area contributed by atoms with E-state index in [1.807, 2.05) is 0 Å². The van der Waals surface area contributed by atoms with Crippen LogP contribution in [0.1, 0.15) is 42.4 Å². The number of thioether (sulfide) groups is 2. The second-order valence-corrected chi connectivity index (χ2v) is 11.7. The van der Waals surface area contributed by atoms with Gasteiger partial charge in [0.25, 0.3) is 11.8 Å². The van der Waals surface area contributed by atoms with E-state index in [9.17, 15) is 39.0 Å². The number of β-lactam (4-membered cyclic amide) rings is 1. The average Bonchev–Trinajstić information content (AvgIpc) is 3.44. The Hall–Kier alpha value is -2.38. The summed E-state index contributed by atoms with van der Waals surface area (Å²) in [5.41, 5.74) is 0.418. The van der Waals surface area contributed by atoms with E-state index >= 15 is 0 Å². The van der Waals surface area contributed by atoms with Crippen LogP contribution < -0.4 is 80.0 Å². The van der Waals surface area contributed by atoms with E-state index in [1.165, 1.54) is 23.9 Å².